The van der Waals surface area contributed by atoms with Crippen LogP contribution in [0.15, 0.2) is 24.3 Å². The van der Waals surface area contributed by atoms with Gasteiger partial charge in [-0.1, -0.05) is 49.6 Å². The van der Waals surface area contributed by atoms with Gasteiger partial charge in [0.25, 0.3) is 0 Å². The molecule has 1 aromatic carbocycles. The van der Waals surface area contributed by atoms with E-state index in [0.29, 0.717) is 17.4 Å². The molecule has 0 aromatic heterocycles. The van der Waals surface area contributed by atoms with Crippen molar-refractivity contribution in [1.29, 1.82) is 0 Å². The summed E-state index contributed by atoms with van der Waals surface area (Å²) < 4.78 is 0. The van der Waals surface area contributed by atoms with Crippen LogP contribution in [0, 0.1) is 17.8 Å². The largest absolute Gasteiger partial charge is 0.481 e. The van der Waals surface area contributed by atoms with Crippen molar-refractivity contribution in [1.82, 2.24) is 0 Å². The Morgan fingerprint density at radius 3 is 2.53 bits per heavy atom. The highest BCUT2D eigenvalue weighted by molar-refractivity contribution is 6.31. The third kappa shape index (κ3) is 3.73. The lowest BCUT2D eigenvalue weighted by molar-refractivity contribution is -0.144. The smallest absolute Gasteiger partial charge is 0.307 e. The van der Waals surface area contributed by atoms with Crippen LogP contribution in [-0.2, 0) is 11.2 Å². The number of carbonyl (C=O) groups is 1. The molecule has 1 unspecified atom stereocenters. The molecule has 1 N–H and O–H groups in total. The van der Waals surface area contributed by atoms with Gasteiger partial charge in [-0.05, 0) is 42.7 Å². The van der Waals surface area contributed by atoms with Gasteiger partial charge in [-0.25, -0.2) is 0 Å². The molecule has 1 aromatic rings. The Bertz CT molecular complexity index is 436. The van der Waals surface area contributed by atoms with E-state index in [1.54, 1.807) is 0 Å². The van der Waals surface area contributed by atoms with E-state index in [2.05, 4.69) is 6.92 Å². The second kappa shape index (κ2) is 6.42. The highest BCUT2D eigenvalue weighted by Gasteiger charge is 2.31. The van der Waals surface area contributed by atoms with Gasteiger partial charge in [0.05, 0.1) is 5.92 Å². The van der Waals surface area contributed by atoms with E-state index < -0.39 is 5.97 Å². The molecule has 1 aliphatic rings. The fourth-order valence-corrected chi connectivity index (χ4v) is 3.26. The molecule has 0 saturated heterocycles. The Labute approximate surface area is 119 Å². The first-order valence-electron chi connectivity index (χ1n) is 7.04. The summed E-state index contributed by atoms with van der Waals surface area (Å²) in [5, 5.41) is 10.2. The van der Waals surface area contributed by atoms with Gasteiger partial charge in [0, 0.05) is 5.02 Å². The maximum atomic E-state index is 11.6. The maximum Gasteiger partial charge on any atom is 0.307 e. The average molecular weight is 281 g/mol. The molecule has 0 bridgehead atoms. The number of rotatable bonds is 4. The van der Waals surface area contributed by atoms with Crippen molar-refractivity contribution in [2.75, 3.05) is 0 Å². The highest BCUT2D eigenvalue weighted by atomic mass is 35.5. The Morgan fingerprint density at radius 2 is 1.95 bits per heavy atom. The van der Waals surface area contributed by atoms with Crippen LogP contribution in [0.4, 0.5) is 0 Å². The number of benzene rings is 1. The second-order valence-electron chi connectivity index (χ2n) is 5.76. The summed E-state index contributed by atoms with van der Waals surface area (Å²) in [5.41, 5.74) is 0.954. The molecule has 1 aliphatic carbocycles. The summed E-state index contributed by atoms with van der Waals surface area (Å²) in [6.07, 6.45) is 4.91. The van der Waals surface area contributed by atoms with Crippen LogP contribution >= 0.6 is 11.6 Å². The third-order valence-electron chi connectivity index (χ3n) is 4.34. The van der Waals surface area contributed by atoms with Crippen LogP contribution < -0.4 is 0 Å². The molecule has 0 heterocycles. The Kier molecular flexibility index (Phi) is 4.87. The zero-order valence-electron chi connectivity index (χ0n) is 11.3. The predicted molar refractivity (Wildman–Crippen MR) is 77.4 cm³/mol. The van der Waals surface area contributed by atoms with Gasteiger partial charge in [0.1, 0.15) is 0 Å². The average Bonchev–Trinajstić information content (AvgIpc) is 2.39. The van der Waals surface area contributed by atoms with E-state index in [1.807, 2.05) is 24.3 Å². The van der Waals surface area contributed by atoms with Crippen LogP contribution in [0.2, 0.25) is 5.02 Å². The first-order valence-corrected chi connectivity index (χ1v) is 7.42. The second-order valence-corrected chi connectivity index (χ2v) is 6.17. The lowest BCUT2D eigenvalue weighted by Gasteiger charge is -2.30. The van der Waals surface area contributed by atoms with E-state index in [-0.39, 0.29) is 5.92 Å². The lowest BCUT2D eigenvalue weighted by Crippen LogP contribution is -2.29. The fourth-order valence-electron chi connectivity index (χ4n) is 3.04. The summed E-state index contributed by atoms with van der Waals surface area (Å²) in [6.45, 7) is 2.25. The Morgan fingerprint density at radius 1 is 1.32 bits per heavy atom. The number of hydrogen-bond acceptors (Lipinski definition) is 1. The SMILES string of the molecule is CC1CCC(C(Cc2ccccc2Cl)C(=O)O)CC1. The molecule has 0 amide bonds. The van der Waals surface area contributed by atoms with Crippen molar-refractivity contribution in [2.45, 2.75) is 39.0 Å². The Hall–Kier alpha value is -1.02. The molecule has 1 fully saturated rings. The molecule has 2 nitrogen and oxygen atoms in total. The van der Waals surface area contributed by atoms with Gasteiger partial charge in [-0.2, -0.15) is 0 Å². The summed E-state index contributed by atoms with van der Waals surface area (Å²) >= 11 is 6.14. The summed E-state index contributed by atoms with van der Waals surface area (Å²) in [7, 11) is 0. The maximum absolute atomic E-state index is 11.6. The predicted octanol–water partition coefficient (Wildman–Crippen LogP) is 4.41. The number of hydrogen-bond donors (Lipinski definition) is 1. The van der Waals surface area contributed by atoms with E-state index in [9.17, 15) is 9.90 Å². The number of halogens is 1. The van der Waals surface area contributed by atoms with Gasteiger partial charge >= 0.3 is 5.97 Å². The van der Waals surface area contributed by atoms with Crippen LogP contribution in [0.3, 0.4) is 0 Å². The minimum atomic E-state index is -0.681. The molecule has 2 rings (SSSR count). The third-order valence-corrected chi connectivity index (χ3v) is 4.71. The molecule has 3 heteroatoms. The van der Waals surface area contributed by atoms with Crippen LogP contribution in [0.25, 0.3) is 0 Å². The molecule has 1 atom stereocenters. The van der Waals surface area contributed by atoms with Gasteiger partial charge in [-0.15, -0.1) is 0 Å². The summed E-state index contributed by atoms with van der Waals surface area (Å²) in [4.78, 5) is 11.6. The fraction of sp³-hybridized carbons (Fsp3) is 0.562. The lowest BCUT2D eigenvalue weighted by atomic mass is 9.74. The van der Waals surface area contributed by atoms with Crippen molar-refractivity contribution in [3.63, 3.8) is 0 Å². The van der Waals surface area contributed by atoms with E-state index in [1.165, 1.54) is 0 Å². The van der Waals surface area contributed by atoms with Crippen LogP contribution in [0.1, 0.15) is 38.2 Å². The number of carboxylic acid groups (broad SMARTS) is 1. The van der Waals surface area contributed by atoms with Crippen molar-refractivity contribution >= 4 is 17.6 Å². The van der Waals surface area contributed by atoms with Gasteiger partial charge in [0.2, 0.25) is 0 Å². The van der Waals surface area contributed by atoms with E-state index in [4.69, 9.17) is 11.6 Å². The monoisotopic (exact) mass is 280 g/mol. The van der Waals surface area contributed by atoms with Gasteiger partial charge in [0.15, 0.2) is 0 Å². The van der Waals surface area contributed by atoms with Gasteiger partial charge < -0.3 is 5.11 Å². The zero-order valence-corrected chi connectivity index (χ0v) is 12.1. The van der Waals surface area contributed by atoms with E-state index in [0.717, 1.165) is 37.2 Å². The topological polar surface area (TPSA) is 37.3 Å². The number of aliphatic carboxylic acids is 1. The zero-order chi connectivity index (χ0) is 13.8. The van der Waals surface area contributed by atoms with Crippen molar-refractivity contribution in [2.24, 2.45) is 17.8 Å². The summed E-state index contributed by atoms with van der Waals surface area (Å²) in [6, 6.07) is 7.56. The first kappa shape index (κ1) is 14.4. The summed E-state index contributed by atoms with van der Waals surface area (Å²) in [5.74, 6) is 0.0582. The van der Waals surface area contributed by atoms with Crippen LogP contribution in [-0.4, -0.2) is 11.1 Å². The van der Waals surface area contributed by atoms with Crippen molar-refractivity contribution in [3.05, 3.63) is 34.9 Å². The molecule has 1 saturated carbocycles. The minimum Gasteiger partial charge on any atom is -0.481 e. The standard InChI is InChI=1S/C16H21ClO2/c1-11-6-8-12(9-7-11)14(16(18)19)10-13-4-2-3-5-15(13)17/h2-5,11-12,14H,6-10H2,1H3,(H,18,19). The molecular formula is C16H21ClO2. The van der Waals surface area contributed by atoms with Gasteiger partial charge in [-0.3, -0.25) is 4.79 Å². The van der Waals surface area contributed by atoms with Crippen molar-refractivity contribution < 1.29 is 9.90 Å². The normalized spacial score (nSPS) is 24.9. The molecule has 19 heavy (non-hydrogen) atoms. The molecule has 0 radical (unpaired) electrons. The minimum absolute atomic E-state index is 0.296. The Balaban J connectivity index is 2.09. The quantitative estimate of drug-likeness (QED) is 0.887. The molecule has 0 aliphatic heterocycles. The molecule has 0 spiro atoms. The first-order chi connectivity index (χ1) is 9.08. The van der Waals surface area contributed by atoms with Crippen LogP contribution in [0.5, 0.6) is 0 Å². The molecule has 104 valence electrons. The van der Waals surface area contributed by atoms with Crippen molar-refractivity contribution in [3.8, 4) is 0 Å². The number of carboxylic acids is 1. The van der Waals surface area contributed by atoms with E-state index >= 15 is 0 Å². The highest BCUT2D eigenvalue weighted by Crippen LogP contribution is 2.35. The molecular weight excluding hydrogens is 260 g/mol.